The molecule has 0 fully saturated rings. The molecule has 66 valence electrons. The van der Waals surface area contributed by atoms with Crippen LogP contribution in [-0.4, -0.2) is 27.1 Å². The first-order valence-corrected chi connectivity index (χ1v) is 2.56. The molecule has 10 heavy (non-hydrogen) atoms. The van der Waals surface area contributed by atoms with Crippen LogP contribution >= 0.6 is 0 Å². The van der Waals surface area contributed by atoms with Gasteiger partial charge >= 0.3 is 0 Å². The summed E-state index contributed by atoms with van der Waals surface area (Å²) in [6.07, 6.45) is 0. The maximum Gasteiger partial charge on any atom is 0.183 e. The fourth-order valence-electron chi connectivity index (χ4n) is 0. The molecule has 0 rings (SSSR count). The van der Waals surface area contributed by atoms with E-state index in [1.54, 1.807) is 0 Å². The van der Waals surface area contributed by atoms with Crippen LogP contribution in [0.25, 0.3) is 0 Å². The lowest BCUT2D eigenvalue weighted by atomic mass is 11.1. The van der Waals surface area contributed by atoms with E-state index in [9.17, 15) is 0 Å². The van der Waals surface area contributed by atoms with Crippen molar-refractivity contribution in [1.82, 2.24) is 0 Å². The second-order valence-electron chi connectivity index (χ2n) is 0.455. The van der Waals surface area contributed by atoms with Gasteiger partial charge in [0.2, 0.25) is 0 Å². The molecule has 0 saturated carbocycles. The Kier molecular flexibility index (Phi) is 207. The van der Waals surface area contributed by atoms with E-state index < -0.39 is 0 Å². The van der Waals surface area contributed by atoms with E-state index in [0.717, 1.165) is 0 Å². The minimum atomic E-state index is -0.333. The largest absolute Gasteiger partial charge is 0.370 e. The summed E-state index contributed by atoms with van der Waals surface area (Å²) < 4.78 is 0. The van der Waals surface area contributed by atoms with Crippen LogP contribution in [0.15, 0.2) is 0 Å². The zero-order valence-corrected chi connectivity index (χ0v) is 6.89. The third kappa shape index (κ3) is 374. The van der Waals surface area contributed by atoms with Gasteiger partial charge < -0.3 is 28.7 Å². The topological polar surface area (TPSA) is 154 Å². The second-order valence-corrected chi connectivity index (χ2v) is 0.455. The molecule has 0 radical (unpaired) electrons. The summed E-state index contributed by atoms with van der Waals surface area (Å²) >= 11 is 0. The van der Waals surface area contributed by atoms with Gasteiger partial charge in [0.1, 0.15) is 0 Å². The van der Waals surface area contributed by atoms with E-state index in [-0.39, 0.29) is 5.96 Å². The molecule has 0 aromatic heterocycles. The summed E-state index contributed by atoms with van der Waals surface area (Å²) in [6.45, 7) is 0. The van der Waals surface area contributed by atoms with Crippen molar-refractivity contribution < 1.29 is 0 Å². The zero-order valence-electron chi connectivity index (χ0n) is 6.89. The van der Waals surface area contributed by atoms with Crippen LogP contribution in [0.2, 0.25) is 0 Å². The summed E-state index contributed by atoms with van der Waals surface area (Å²) in [7, 11) is 4.50. The summed E-state index contributed by atoms with van der Waals surface area (Å²) in [6, 6.07) is 0. The first-order valence-electron chi connectivity index (χ1n) is 2.56. The standard InChI is InChI=1S/CH5N3.3CH5N/c2-1(3)4;3*1-2/h(H5,2,3,4);3*2H2,1H3. The quantitative estimate of drug-likeness (QED) is 0.168. The molecule has 0 aliphatic rings. The molecule has 0 aliphatic carbocycles. The van der Waals surface area contributed by atoms with Crippen LogP contribution in [-0.2, 0) is 0 Å². The van der Waals surface area contributed by atoms with Crippen LogP contribution in [0.4, 0.5) is 0 Å². The van der Waals surface area contributed by atoms with Crippen molar-refractivity contribution in [3.63, 3.8) is 0 Å². The third-order valence-corrected chi connectivity index (χ3v) is 0. The summed E-state index contributed by atoms with van der Waals surface area (Å²) in [5.41, 5.74) is 22.4. The number of nitrogens with two attached hydrogens (primary N) is 5. The highest BCUT2D eigenvalue weighted by Crippen LogP contribution is 1.13. The number of rotatable bonds is 0. The third-order valence-electron chi connectivity index (χ3n) is 0. The Morgan fingerprint density at radius 1 is 0.800 bits per heavy atom. The van der Waals surface area contributed by atoms with Crippen molar-refractivity contribution in [2.75, 3.05) is 21.1 Å². The average molecular weight is 152 g/mol. The highest BCUT2D eigenvalue weighted by molar-refractivity contribution is 5.71. The number of hydrogen-bond donors (Lipinski definition) is 6. The maximum atomic E-state index is 6.06. The molecule has 0 saturated heterocycles. The molecule has 0 spiro atoms. The van der Waals surface area contributed by atoms with Crippen LogP contribution in [0.5, 0.6) is 0 Å². The smallest absolute Gasteiger partial charge is 0.183 e. The highest BCUT2D eigenvalue weighted by Gasteiger charge is 1.52. The zero-order chi connectivity index (χ0) is 9.58. The van der Waals surface area contributed by atoms with E-state index in [1.807, 2.05) is 0 Å². The fourth-order valence-corrected chi connectivity index (χ4v) is 0. The first kappa shape index (κ1) is 22.9. The Hall–Kier alpha value is -0.850. The highest BCUT2D eigenvalue weighted by atomic mass is 14.9. The Balaban J connectivity index is -0.0000000262. The SMILES string of the molecule is CN.CN.CN.N=C(N)N. The number of nitrogens with one attached hydrogen (secondary N) is 1. The second kappa shape index (κ2) is 90.1. The molecule has 0 bridgehead atoms. The number of guanidine groups is 1. The molecule has 0 unspecified atom stereocenters. The fraction of sp³-hybridized carbons (Fsp3) is 0.750. The lowest BCUT2D eigenvalue weighted by Gasteiger charge is -1.69. The van der Waals surface area contributed by atoms with Gasteiger partial charge in [0.25, 0.3) is 0 Å². The molecule has 6 heteroatoms. The average Bonchev–Trinajstić information content (AvgIpc) is 1.98. The molecule has 0 aromatic carbocycles. The Morgan fingerprint density at radius 3 is 0.800 bits per heavy atom. The molecule has 0 atom stereocenters. The predicted octanol–water partition coefficient (Wildman–Crippen LogP) is -2.44. The van der Waals surface area contributed by atoms with Gasteiger partial charge in [-0.15, -0.1) is 0 Å². The van der Waals surface area contributed by atoms with Gasteiger partial charge in [-0.3, -0.25) is 5.41 Å². The Labute approximate surface area is 62.2 Å². The summed E-state index contributed by atoms with van der Waals surface area (Å²) in [5.74, 6) is -0.333. The van der Waals surface area contributed by atoms with Gasteiger partial charge in [0.05, 0.1) is 0 Å². The maximum absolute atomic E-state index is 6.06. The van der Waals surface area contributed by atoms with Gasteiger partial charge in [-0.05, 0) is 21.1 Å². The lowest BCUT2D eigenvalue weighted by molar-refractivity contribution is 1.39. The molecule has 0 heterocycles. The van der Waals surface area contributed by atoms with Gasteiger partial charge in [-0.25, -0.2) is 0 Å². The summed E-state index contributed by atoms with van der Waals surface area (Å²) in [5, 5.41) is 6.06. The Bertz CT molecular complexity index is 32.7. The van der Waals surface area contributed by atoms with E-state index in [4.69, 9.17) is 5.41 Å². The van der Waals surface area contributed by atoms with Gasteiger partial charge in [0.15, 0.2) is 5.96 Å². The van der Waals surface area contributed by atoms with Crippen LogP contribution in [0.3, 0.4) is 0 Å². The monoisotopic (exact) mass is 152 g/mol. The van der Waals surface area contributed by atoms with E-state index in [1.165, 1.54) is 21.1 Å². The van der Waals surface area contributed by atoms with Crippen molar-refractivity contribution in [3.8, 4) is 0 Å². The van der Waals surface area contributed by atoms with E-state index in [0.29, 0.717) is 0 Å². The van der Waals surface area contributed by atoms with Crippen LogP contribution < -0.4 is 28.7 Å². The molecule has 6 nitrogen and oxygen atoms in total. The van der Waals surface area contributed by atoms with Crippen molar-refractivity contribution in [1.29, 1.82) is 5.41 Å². The minimum absolute atomic E-state index is 0.333. The van der Waals surface area contributed by atoms with Gasteiger partial charge in [-0.2, -0.15) is 0 Å². The molecular formula is C4H20N6. The normalized spacial score (nSPS) is 4.20. The molecular weight excluding hydrogens is 132 g/mol. The first-order chi connectivity index (χ1) is 4.73. The molecule has 0 aromatic rings. The predicted molar refractivity (Wildman–Crippen MR) is 46.4 cm³/mol. The molecule has 0 amide bonds. The van der Waals surface area contributed by atoms with Crippen molar-refractivity contribution in [2.24, 2.45) is 28.7 Å². The van der Waals surface area contributed by atoms with Gasteiger partial charge in [-0.1, -0.05) is 0 Å². The molecule has 11 N–H and O–H groups in total. The van der Waals surface area contributed by atoms with Crippen molar-refractivity contribution in [2.45, 2.75) is 0 Å². The lowest BCUT2D eigenvalue weighted by Crippen LogP contribution is -2.20. The van der Waals surface area contributed by atoms with Gasteiger partial charge in [0, 0.05) is 0 Å². The van der Waals surface area contributed by atoms with Crippen LogP contribution in [0, 0.1) is 5.41 Å². The Morgan fingerprint density at radius 2 is 0.800 bits per heavy atom. The number of hydrogen-bond acceptors (Lipinski definition) is 4. The summed E-state index contributed by atoms with van der Waals surface area (Å²) in [4.78, 5) is 0. The van der Waals surface area contributed by atoms with E-state index >= 15 is 0 Å². The van der Waals surface area contributed by atoms with Crippen molar-refractivity contribution in [3.05, 3.63) is 0 Å². The minimum Gasteiger partial charge on any atom is -0.370 e. The van der Waals surface area contributed by atoms with Crippen LogP contribution in [0.1, 0.15) is 0 Å². The molecule has 0 aliphatic heterocycles. The van der Waals surface area contributed by atoms with E-state index in [2.05, 4.69) is 28.7 Å². The van der Waals surface area contributed by atoms with Crippen molar-refractivity contribution >= 4 is 5.96 Å².